The fourth-order valence-corrected chi connectivity index (χ4v) is 2.76. The molecule has 0 bridgehead atoms. The molecule has 2 aromatic rings. The van der Waals surface area contributed by atoms with E-state index in [4.69, 9.17) is 13.5 Å². The minimum absolute atomic E-state index is 0.206. The molecule has 0 saturated carbocycles. The van der Waals surface area contributed by atoms with Crippen molar-refractivity contribution in [1.29, 1.82) is 0 Å². The molecule has 0 atom stereocenters. The molecule has 22 heavy (non-hydrogen) atoms. The minimum Gasteiger partial charge on any atom is -0.465 e. The number of hydrogen-bond acceptors (Lipinski definition) is 5. The van der Waals surface area contributed by atoms with Crippen LogP contribution >= 0.6 is 7.60 Å². The zero-order chi connectivity index (χ0) is 16.0. The van der Waals surface area contributed by atoms with E-state index >= 15 is 0 Å². The Bertz CT molecular complexity index is 694. The summed E-state index contributed by atoms with van der Waals surface area (Å²) in [6.07, 6.45) is 4.80. The second kappa shape index (κ2) is 7.36. The van der Waals surface area contributed by atoms with Crippen LogP contribution in [0.4, 0.5) is 5.69 Å². The van der Waals surface area contributed by atoms with Crippen LogP contribution < -0.4 is 0 Å². The van der Waals surface area contributed by atoms with Crippen molar-refractivity contribution in [3.8, 4) is 0 Å². The molecule has 1 aromatic heterocycles. The molecule has 0 fully saturated rings. The van der Waals surface area contributed by atoms with E-state index in [-0.39, 0.29) is 5.45 Å². The van der Waals surface area contributed by atoms with Gasteiger partial charge in [-0.2, -0.15) is 0 Å². The van der Waals surface area contributed by atoms with Crippen molar-refractivity contribution in [2.24, 2.45) is 4.99 Å². The van der Waals surface area contributed by atoms with Crippen LogP contribution in [0.3, 0.4) is 0 Å². The lowest BCUT2D eigenvalue weighted by Crippen LogP contribution is -2.00. The Labute approximate surface area is 129 Å². The summed E-state index contributed by atoms with van der Waals surface area (Å²) < 4.78 is 27.9. The zero-order valence-electron chi connectivity index (χ0n) is 12.7. The van der Waals surface area contributed by atoms with Crippen LogP contribution in [0.1, 0.15) is 11.3 Å². The van der Waals surface area contributed by atoms with Crippen molar-refractivity contribution in [3.05, 3.63) is 60.1 Å². The van der Waals surface area contributed by atoms with Crippen molar-refractivity contribution in [2.45, 2.75) is 6.92 Å². The molecule has 1 aromatic carbocycles. The fraction of sp³-hybridized carbons (Fsp3) is 0.188. The highest BCUT2D eigenvalue weighted by Gasteiger charge is 2.27. The highest BCUT2D eigenvalue weighted by Crippen LogP contribution is 2.49. The second-order valence-electron chi connectivity index (χ2n) is 4.52. The molecule has 0 aliphatic rings. The number of rotatable bonds is 6. The number of furan rings is 1. The van der Waals surface area contributed by atoms with Gasteiger partial charge in [0.2, 0.25) is 0 Å². The smallest absolute Gasteiger partial charge is 0.379 e. The average Bonchev–Trinajstić information content (AvgIpc) is 3.06. The lowest BCUT2D eigenvalue weighted by atomic mass is 10.2. The largest absolute Gasteiger partial charge is 0.465 e. The molecule has 2 rings (SSSR count). The predicted octanol–water partition coefficient (Wildman–Crippen LogP) is 4.82. The summed E-state index contributed by atoms with van der Waals surface area (Å²) in [5, 5.41) is 0. The lowest BCUT2D eigenvalue weighted by Gasteiger charge is -2.13. The molecule has 116 valence electrons. The summed E-state index contributed by atoms with van der Waals surface area (Å²) in [4.78, 5) is 4.39. The molecule has 5 nitrogen and oxygen atoms in total. The summed E-state index contributed by atoms with van der Waals surface area (Å²) >= 11 is 0. The molecular formula is C16H18NO4P. The van der Waals surface area contributed by atoms with Gasteiger partial charge in [0.1, 0.15) is 5.76 Å². The van der Waals surface area contributed by atoms with Gasteiger partial charge in [0.15, 0.2) is 5.45 Å². The van der Waals surface area contributed by atoms with E-state index < -0.39 is 7.60 Å². The first kappa shape index (κ1) is 16.4. The first-order chi connectivity index (χ1) is 10.6. The van der Waals surface area contributed by atoms with Crippen molar-refractivity contribution in [2.75, 3.05) is 14.2 Å². The van der Waals surface area contributed by atoms with Gasteiger partial charge in [0.05, 0.1) is 12.0 Å². The number of benzene rings is 1. The molecule has 0 amide bonds. The quantitative estimate of drug-likeness (QED) is 0.566. The predicted molar refractivity (Wildman–Crippen MR) is 87.6 cm³/mol. The maximum absolute atomic E-state index is 12.6. The van der Waals surface area contributed by atoms with Gasteiger partial charge in [-0.1, -0.05) is 17.7 Å². The first-order valence-electron chi connectivity index (χ1n) is 6.66. The Balaban J connectivity index is 2.40. The Morgan fingerprint density at radius 3 is 2.41 bits per heavy atom. The maximum atomic E-state index is 12.6. The summed E-state index contributed by atoms with van der Waals surface area (Å²) in [5.41, 5.74) is 1.99. The van der Waals surface area contributed by atoms with Gasteiger partial charge in [-0.05, 0) is 43.3 Å². The van der Waals surface area contributed by atoms with Crippen LogP contribution in [-0.2, 0) is 13.6 Å². The molecule has 0 spiro atoms. The first-order valence-corrected chi connectivity index (χ1v) is 8.20. The van der Waals surface area contributed by atoms with Gasteiger partial charge < -0.3 is 13.5 Å². The number of nitrogens with zero attached hydrogens (tertiary/aromatic N) is 1. The SMILES string of the molecule is COP(=O)(OC)C(/C=C/c1ccco1)=Nc1ccc(C)cc1. The minimum atomic E-state index is -3.47. The highest BCUT2D eigenvalue weighted by molar-refractivity contribution is 7.72. The molecule has 0 saturated heterocycles. The van der Waals surface area contributed by atoms with Crippen LogP contribution in [0.2, 0.25) is 0 Å². The van der Waals surface area contributed by atoms with E-state index in [0.29, 0.717) is 11.4 Å². The van der Waals surface area contributed by atoms with E-state index in [9.17, 15) is 4.57 Å². The topological polar surface area (TPSA) is 61.0 Å². The summed E-state index contributed by atoms with van der Waals surface area (Å²) in [7, 11) is -0.807. The van der Waals surface area contributed by atoms with Gasteiger partial charge >= 0.3 is 7.60 Å². The number of allylic oxidation sites excluding steroid dienone is 1. The fourth-order valence-electron chi connectivity index (χ4n) is 1.75. The molecule has 1 heterocycles. The third-order valence-corrected chi connectivity index (χ3v) is 4.75. The summed E-state index contributed by atoms with van der Waals surface area (Å²) in [6.45, 7) is 1.99. The highest BCUT2D eigenvalue weighted by atomic mass is 31.2. The second-order valence-corrected chi connectivity index (χ2v) is 6.70. The van der Waals surface area contributed by atoms with E-state index in [1.54, 1.807) is 30.5 Å². The van der Waals surface area contributed by atoms with Gasteiger partial charge in [0.25, 0.3) is 0 Å². The molecule has 0 aliphatic carbocycles. The average molecular weight is 319 g/mol. The van der Waals surface area contributed by atoms with E-state index in [1.165, 1.54) is 14.2 Å². The molecular weight excluding hydrogens is 301 g/mol. The van der Waals surface area contributed by atoms with Crippen LogP contribution in [-0.4, -0.2) is 19.7 Å². The molecule has 0 N–H and O–H groups in total. The molecule has 0 radical (unpaired) electrons. The van der Waals surface area contributed by atoms with Gasteiger partial charge in [-0.25, -0.2) is 4.99 Å². The van der Waals surface area contributed by atoms with Crippen LogP contribution in [0.15, 0.2) is 58.1 Å². The monoisotopic (exact) mass is 319 g/mol. The Morgan fingerprint density at radius 2 is 1.86 bits per heavy atom. The lowest BCUT2D eigenvalue weighted by molar-refractivity contribution is 0.290. The summed E-state index contributed by atoms with van der Waals surface area (Å²) in [5.74, 6) is 0.621. The third-order valence-electron chi connectivity index (χ3n) is 2.98. The molecule has 0 aliphatic heterocycles. The number of hydrogen-bond donors (Lipinski definition) is 0. The Morgan fingerprint density at radius 1 is 1.18 bits per heavy atom. The van der Waals surface area contributed by atoms with Crippen LogP contribution in [0, 0.1) is 6.92 Å². The van der Waals surface area contributed by atoms with Crippen LogP contribution in [0.5, 0.6) is 0 Å². The molecule has 0 unspecified atom stereocenters. The third kappa shape index (κ3) is 4.04. The van der Waals surface area contributed by atoms with Crippen molar-refractivity contribution >= 4 is 24.8 Å². The maximum Gasteiger partial charge on any atom is 0.379 e. The standard InChI is InChI=1S/C16H18NO4P/c1-13-6-8-14(9-7-13)17-16(22(18,19-2)20-3)11-10-15-5-4-12-21-15/h4-12H,1-3H3/b11-10+,17-16?. The van der Waals surface area contributed by atoms with Crippen molar-refractivity contribution < 1.29 is 18.0 Å². The van der Waals surface area contributed by atoms with Gasteiger partial charge in [-0.15, -0.1) is 0 Å². The normalized spacial score (nSPS) is 13.0. The zero-order valence-corrected chi connectivity index (χ0v) is 13.6. The molecule has 6 heteroatoms. The Hall–Kier alpha value is -1.94. The van der Waals surface area contributed by atoms with Crippen molar-refractivity contribution in [3.63, 3.8) is 0 Å². The van der Waals surface area contributed by atoms with E-state index in [2.05, 4.69) is 4.99 Å². The number of aliphatic imine (C=N–C) groups is 1. The number of aryl methyl sites for hydroxylation is 1. The van der Waals surface area contributed by atoms with E-state index in [1.807, 2.05) is 31.2 Å². The van der Waals surface area contributed by atoms with Crippen molar-refractivity contribution in [1.82, 2.24) is 0 Å². The Kier molecular flexibility index (Phi) is 5.50. The van der Waals surface area contributed by atoms with Gasteiger partial charge in [-0.3, -0.25) is 4.57 Å². The van der Waals surface area contributed by atoms with E-state index in [0.717, 1.165) is 5.56 Å². The summed E-state index contributed by atoms with van der Waals surface area (Å²) in [6, 6.07) is 11.1. The van der Waals surface area contributed by atoms with Gasteiger partial charge in [0, 0.05) is 14.2 Å². The van der Waals surface area contributed by atoms with Crippen LogP contribution in [0.25, 0.3) is 6.08 Å².